The van der Waals surface area contributed by atoms with Crippen molar-refractivity contribution in [1.82, 2.24) is 10.3 Å². The van der Waals surface area contributed by atoms with Gasteiger partial charge in [-0.05, 0) is 25.1 Å². The predicted octanol–water partition coefficient (Wildman–Crippen LogP) is 2.25. The summed E-state index contributed by atoms with van der Waals surface area (Å²) in [7, 11) is 0. The van der Waals surface area contributed by atoms with Crippen molar-refractivity contribution in [3.8, 4) is 0 Å². The molecule has 1 unspecified atom stereocenters. The van der Waals surface area contributed by atoms with Crippen LogP contribution in [0.2, 0.25) is 0 Å². The Kier molecular flexibility index (Phi) is 4.68. The highest BCUT2D eigenvalue weighted by Crippen LogP contribution is 2.11. The Bertz CT molecular complexity index is 555. The van der Waals surface area contributed by atoms with Gasteiger partial charge in [-0.3, -0.25) is 4.98 Å². The average molecular weight is 271 g/mol. The molecule has 0 spiro atoms. The zero-order chi connectivity index (χ0) is 14.4. The molecule has 2 rings (SSSR count). The highest BCUT2D eigenvalue weighted by molar-refractivity contribution is 5.89. The number of nitrogens with one attached hydrogen (secondary N) is 2. The van der Waals surface area contributed by atoms with Crippen LogP contribution in [0.4, 0.5) is 10.5 Å². The summed E-state index contributed by atoms with van der Waals surface area (Å²) >= 11 is 0. The largest absolute Gasteiger partial charge is 0.387 e. The summed E-state index contributed by atoms with van der Waals surface area (Å²) in [6.07, 6.45) is 0.834. The van der Waals surface area contributed by atoms with Crippen molar-refractivity contribution in [2.24, 2.45) is 0 Å². The van der Waals surface area contributed by atoms with Crippen LogP contribution < -0.4 is 10.6 Å². The molecule has 20 heavy (non-hydrogen) atoms. The molecular formula is C15H17N3O2. The first kappa shape index (κ1) is 14.0. The van der Waals surface area contributed by atoms with E-state index in [2.05, 4.69) is 15.6 Å². The third kappa shape index (κ3) is 4.07. The van der Waals surface area contributed by atoms with E-state index in [4.69, 9.17) is 0 Å². The lowest BCUT2D eigenvalue weighted by Gasteiger charge is -2.12. The summed E-state index contributed by atoms with van der Waals surface area (Å²) in [6, 6.07) is 12.4. The molecule has 0 fully saturated rings. The lowest BCUT2D eigenvalue weighted by atomic mass is 10.1. The van der Waals surface area contributed by atoms with Crippen LogP contribution in [0.3, 0.4) is 0 Å². The molecule has 5 nitrogen and oxygen atoms in total. The van der Waals surface area contributed by atoms with Gasteiger partial charge in [-0.25, -0.2) is 4.79 Å². The lowest BCUT2D eigenvalue weighted by Crippen LogP contribution is -2.32. The van der Waals surface area contributed by atoms with Gasteiger partial charge in [0, 0.05) is 29.7 Å². The van der Waals surface area contributed by atoms with Crippen LogP contribution in [0, 0.1) is 6.92 Å². The van der Waals surface area contributed by atoms with E-state index in [-0.39, 0.29) is 12.6 Å². The maximum atomic E-state index is 11.7. The van der Waals surface area contributed by atoms with Crippen molar-refractivity contribution in [1.29, 1.82) is 0 Å². The maximum absolute atomic E-state index is 11.7. The van der Waals surface area contributed by atoms with Gasteiger partial charge in [0.25, 0.3) is 0 Å². The van der Waals surface area contributed by atoms with Gasteiger partial charge in [-0.2, -0.15) is 0 Å². The molecule has 1 aromatic carbocycles. The van der Waals surface area contributed by atoms with E-state index in [1.807, 2.05) is 31.2 Å². The predicted molar refractivity (Wildman–Crippen MR) is 77.4 cm³/mol. The van der Waals surface area contributed by atoms with E-state index in [0.717, 1.165) is 5.69 Å². The molecule has 2 amide bonds. The summed E-state index contributed by atoms with van der Waals surface area (Å²) in [5.74, 6) is 0. The number of rotatable bonds is 4. The van der Waals surface area contributed by atoms with Crippen molar-refractivity contribution >= 4 is 11.7 Å². The highest BCUT2D eigenvalue weighted by Gasteiger charge is 2.09. The minimum Gasteiger partial charge on any atom is -0.387 e. The number of pyridine rings is 1. The summed E-state index contributed by atoms with van der Waals surface area (Å²) in [6.45, 7) is 2.01. The van der Waals surface area contributed by atoms with Gasteiger partial charge in [-0.15, -0.1) is 0 Å². The first-order valence-corrected chi connectivity index (χ1v) is 6.35. The van der Waals surface area contributed by atoms with Gasteiger partial charge in [-0.1, -0.05) is 24.3 Å². The van der Waals surface area contributed by atoms with Crippen LogP contribution >= 0.6 is 0 Å². The number of hydrogen-bond donors (Lipinski definition) is 3. The van der Waals surface area contributed by atoms with E-state index in [1.54, 1.807) is 24.4 Å². The number of para-hydroxylation sites is 1. The SMILES string of the molecule is Cc1ccc(C(O)CNC(=O)Nc2ccccc2)cn1. The summed E-state index contributed by atoms with van der Waals surface area (Å²) in [5.41, 5.74) is 2.27. The number of aliphatic hydroxyl groups excluding tert-OH is 1. The van der Waals surface area contributed by atoms with Crippen molar-refractivity contribution in [2.45, 2.75) is 13.0 Å². The number of aryl methyl sites for hydroxylation is 1. The molecule has 0 aliphatic heterocycles. The number of aromatic nitrogens is 1. The molecule has 0 radical (unpaired) electrons. The van der Waals surface area contributed by atoms with E-state index in [0.29, 0.717) is 11.3 Å². The Labute approximate surface area is 117 Å². The Morgan fingerprint density at radius 2 is 2.00 bits per heavy atom. The molecule has 5 heteroatoms. The van der Waals surface area contributed by atoms with Gasteiger partial charge >= 0.3 is 6.03 Å². The second kappa shape index (κ2) is 6.68. The number of carbonyl (C=O) groups excluding carboxylic acids is 1. The fraction of sp³-hybridized carbons (Fsp3) is 0.200. The lowest BCUT2D eigenvalue weighted by molar-refractivity contribution is 0.174. The topological polar surface area (TPSA) is 74.2 Å². The molecule has 0 aliphatic rings. The van der Waals surface area contributed by atoms with Gasteiger partial charge in [0.15, 0.2) is 0 Å². The Balaban J connectivity index is 1.82. The zero-order valence-electron chi connectivity index (χ0n) is 11.2. The smallest absolute Gasteiger partial charge is 0.319 e. The zero-order valence-corrected chi connectivity index (χ0v) is 11.2. The minimum atomic E-state index is -0.773. The normalized spacial score (nSPS) is 11.7. The highest BCUT2D eigenvalue weighted by atomic mass is 16.3. The van der Waals surface area contributed by atoms with Crippen LogP contribution in [-0.2, 0) is 0 Å². The Morgan fingerprint density at radius 1 is 1.25 bits per heavy atom. The molecule has 0 saturated heterocycles. The molecule has 104 valence electrons. The maximum Gasteiger partial charge on any atom is 0.319 e. The number of aliphatic hydroxyl groups is 1. The number of carbonyl (C=O) groups is 1. The summed E-state index contributed by atoms with van der Waals surface area (Å²) in [4.78, 5) is 15.8. The number of benzene rings is 1. The number of nitrogens with zero attached hydrogens (tertiary/aromatic N) is 1. The fourth-order valence-corrected chi connectivity index (χ4v) is 1.68. The van der Waals surface area contributed by atoms with Crippen LogP contribution in [-0.4, -0.2) is 22.7 Å². The molecule has 3 N–H and O–H groups in total. The van der Waals surface area contributed by atoms with Gasteiger partial charge in [0.05, 0.1) is 6.10 Å². The molecule has 1 aromatic heterocycles. The van der Waals surface area contributed by atoms with E-state index >= 15 is 0 Å². The van der Waals surface area contributed by atoms with Gasteiger partial charge < -0.3 is 15.7 Å². The molecule has 0 aliphatic carbocycles. The minimum absolute atomic E-state index is 0.128. The van der Waals surface area contributed by atoms with Crippen molar-refractivity contribution in [3.63, 3.8) is 0 Å². The fourth-order valence-electron chi connectivity index (χ4n) is 1.68. The first-order chi connectivity index (χ1) is 9.65. The third-order valence-corrected chi connectivity index (χ3v) is 2.81. The molecule has 2 aromatic rings. The number of hydrogen-bond acceptors (Lipinski definition) is 3. The van der Waals surface area contributed by atoms with Gasteiger partial charge in [0.1, 0.15) is 0 Å². The monoisotopic (exact) mass is 271 g/mol. The van der Waals surface area contributed by atoms with E-state index in [9.17, 15) is 9.90 Å². The van der Waals surface area contributed by atoms with Crippen molar-refractivity contribution in [2.75, 3.05) is 11.9 Å². The molecular weight excluding hydrogens is 254 g/mol. The van der Waals surface area contributed by atoms with E-state index < -0.39 is 6.10 Å². The van der Waals surface area contributed by atoms with E-state index in [1.165, 1.54) is 0 Å². The second-order valence-electron chi connectivity index (χ2n) is 4.45. The van der Waals surface area contributed by atoms with Gasteiger partial charge in [0.2, 0.25) is 0 Å². The molecule has 0 saturated carbocycles. The second-order valence-corrected chi connectivity index (χ2v) is 4.45. The molecule has 1 atom stereocenters. The number of amides is 2. The number of urea groups is 1. The molecule has 0 bridgehead atoms. The first-order valence-electron chi connectivity index (χ1n) is 6.35. The van der Waals surface area contributed by atoms with Crippen LogP contribution in [0.15, 0.2) is 48.7 Å². The van der Waals surface area contributed by atoms with Crippen molar-refractivity contribution in [3.05, 3.63) is 59.9 Å². The Morgan fingerprint density at radius 3 is 2.65 bits per heavy atom. The van der Waals surface area contributed by atoms with Crippen LogP contribution in [0.1, 0.15) is 17.4 Å². The standard InChI is InChI=1S/C15H17N3O2/c1-11-7-8-12(9-16-11)14(19)10-17-15(20)18-13-5-3-2-4-6-13/h2-9,14,19H,10H2,1H3,(H2,17,18,20). The van der Waals surface area contributed by atoms with Crippen LogP contribution in [0.5, 0.6) is 0 Å². The third-order valence-electron chi connectivity index (χ3n) is 2.81. The summed E-state index contributed by atoms with van der Waals surface area (Å²) in [5, 5.41) is 15.2. The van der Waals surface area contributed by atoms with Crippen molar-refractivity contribution < 1.29 is 9.90 Å². The average Bonchev–Trinajstić information content (AvgIpc) is 2.46. The summed E-state index contributed by atoms with van der Waals surface area (Å²) < 4.78 is 0. The Hall–Kier alpha value is -2.40. The quantitative estimate of drug-likeness (QED) is 0.798. The molecule has 1 heterocycles. The van der Waals surface area contributed by atoms with Crippen LogP contribution in [0.25, 0.3) is 0 Å². The number of anilines is 1.